The number of carbonyl (C=O) groups is 1. The summed E-state index contributed by atoms with van der Waals surface area (Å²) in [7, 11) is 0. The van der Waals surface area contributed by atoms with Crippen molar-refractivity contribution < 1.29 is 4.79 Å². The van der Waals surface area contributed by atoms with E-state index < -0.39 is 5.54 Å². The van der Waals surface area contributed by atoms with E-state index in [1.165, 1.54) is 6.42 Å². The molecule has 16 heavy (non-hydrogen) atoms. The molecule has 1 aromatic rings. The summed E-state index contributed by atoms with van der Waals surface area (Å²) < 4.78 is 1.05. The van der Waals surface area contributed by atoms with Crippen molar-refractivity contribution in [3.8, 4) is 0 Å². The number of ketones is 1. The van der Waals surface area contributed by atoms with Crippen molar-refractivity contribution >= 4 is 33.0 Å². The van der Waals surface area contributed by atoms with Gasteiger partial charge in [-0.05, 0) is 34.8 Å². The summed E-state index contributed by atoms with van der Waals surface area (Å²) in [6.45, 7) is 0. The van der Waals surface area contributed by atoms with Crippen LogP contribution in [-0.4, -0.2) is 11.3 Å². The van der Waals surface area contributed by atoms with Gasteiger partial charge >= 0.3 is 0 Å². The Hall–Kier alpha value is -0.190. The van der Waals surface area contributed by atoms with Crippen LogP contribution >= 0.6 is 27.3 Å². The van der Waals surface area contributed by atoms with Crippen LogP contribution in [0.25, 0.3) is 0 Å². The average Bonchev–Trinajstić information content (AvgIpc) is 2.65. The summed E-state index contributed by atoms with van der Waals surface area (Å²) in [4.78, 5) is 13.3. The van der Waals surface area contributed by atoms with E-state index in [9.17, 15) is 4.79 Å². The number of hydrogen-bond acceptors (Lipinski definition) is 3. The van der Waals surface area contributed by atoms with Crippen LogP contribution in [0.15, 0.2) is 15.9 Å². The van der Waals surface area contributed by atoms with Gasteiger partial charge in [0.2, 0.25) is 0 Å². The molecule has 0 spiro atoms. The highest BCUT2D eigenvalue weighted by Crippen LogP contribution is 2.29. The highest BCUT2D eigenvalue weighted by Gasteiger charge is 2.34. The Kier molecular flexibility index (Phi) is 3.82. The van der Waals surface area contributed by atoms with Gasteiger partial charge in [0.25, 0.3) is 0 Å². The first kappa shape index (κ1) is 12.3. The topological polar surface area (TPSA) is 43.1 Å². The van der Waals surface area contributed by atoms with Gasteiger partial charge in [0.05, 0.1) is 5.54 Å². The van der Waals surface area contributed by atoms with Gasteiger partial charge < -0.3 is 5.73 Å². The Balaban J connectivity index is 2.01. The van der Waals surface area contributed by atoms with Crippen LogP contribution in [0.5, 0.6) is 0 Å². The second-order valence-electron chi connectivity index (χ2n) is 4.55. The third kappa shape index (κ3) is 2.73. The lowest BCUT2D eigenvalue weighted by atomic mass is 9.78. The van der Waals surface area contributed by atoms with Crippen molar-refractivity contribution in [1.82, 2.24) is 0 Å². The fraction of sp³-hybridized carbons (Fsp3) is 0.583. The van der Waals surface area contributed by atoms with Crippen LogP contribution in [0, 0.1) is 0 Å². The van der Waals surface area contributed by atoms with Gasteiger partial charge in [0, 0.05) is 21.2 Å². The normalized spacial score (nSPS) is 19.6. The molecule has 1 aliphatic rings. The zero-order valence-corrected chi connectivity index (χ0v) is 11.6. The van der Waals surface area contributed by atoms with Crippen molar-refractivity contribution in [2.75, 3.05) is 0 Å². The van der Waals surface area contributed by atoms with Gasteiger partial charge in [0.1, 0.15) is 0 Å². The SMILES string of the molecule is NC1(C(=O)Cc2cc(Br)cs2)CCCCC1. The summed E-state index contributed by atoms with van der Waals surface area (Å²) in [6.07, 6.45) is 5.62. The second-order valence-corrected chi connectivity index (χ2v) is 6.46. The predicted molar refractivity (Wildman–Crippen MR) is 70.7 cm³/mol. The zero-order chi connectivity index (χ0) is 11.6. The molecule has 1 fully saturated rings. The number of carbonyl (C=O) groups excluding carboxylic acids is 1. The minimum atomic E-state index is -0.547. The molecule has 0 radical (unpaired) electrons. The highest BCUT2D eigenvalue weighted by atomic mass is 79.9. The maximum atomic E-state index is 12.2. The minimum absolute atomic E-state index is 0.210. The number of thiophene rings is 1. The molecular weight excluding hydrogens is 286 g/mol. The molecule has 4 heteroatoms. The van der Waals surface area contributed by atoms with E-state index in [-0.39, 0.29) is 5.78 Å². The predicted octanol–water partition coefficient (Wildman–Crippen LogP) is 3.28. The Labute approximate surface area is 108 Å². The quantitative estimate of drug-likeness (QED) is 0.931. The molecule has 2 rings (SSSR count). The van der Waals surface area contributed by atoms with Crippen molar-refractivity contribution in [3.63, 3.8) is 0 Å². The number of halogens is 1. The molecule has 0 aliphatic heterocycles. The standard InChI is InChI=1S/C12H16BrNOS/c13-9-6-10(16-8-9)7-11(15)12(14)4-2-1-3-5-12/h6,8H,1-5,7,14H2. The van der Waals surface area contributed by atoms with Crippen molar-refractivity contribution in [1.29, 1.82) is 0 Å². The second kappa shape index (κ2) is 4.98. The van der Waals surface area contributed by atoms with Crippen molar-refractivity contribution in [2.24, 2.45) is 5.73 Å². The fourth-order valence-corrected chi connectivity index (χ4v) is 3.69. The molecule has 88 valence electrons. The summed E-state index contributed by atoms with van der Waals surface area (Å²) in [5, 5.41) is 2.01. The molecule has 0 bridgehead atoms. The minimum Gasteiger partial charge on any atom is -0.319 e. The largest absolute Gasteiger partial charge is 0.319 e. The van der Waals surface area contributed by atoms with E-state index in [4.69, 9.17) is 5.73 Å². The van der Waals surface area contributed by atoms with Gasteiger partial charge in [-0.3, -0.25) is 4.79 Å². The molecule has 0 saturated heterocycles. The molecule has 0 amide bonds. The van der Waals surface area contributed by atoms with E-state index in [1.54, 1.807) is 11.3 Å². The molecular formula is C12H16BrNOS. The van der Waals surface area contributed by atoms with E-state index in [0.717, 1.165) is 35.0 Å². The summed E-state index contributed by atoms with van der Waals surface area (Å²) >= 11 is 5.02. The van der Waals surface area contributed by atoms with E-state index >= 15 is 0 Å². The number of Topliss-reactive ketones (excluding diaryl/α,β-unsaturated/α-hetero) is 1. The first-order valence-electron chi connectivity index (χ1n) is 5.65. The van der Waals surface area contributed by atoms with Crippen molar-refractivity contribution in [2.45, 2.75) is 44.1 Å². The fourth-order valence-electron chi connectivity index (χ4n) is 2.24. The zero-order valence-electron chi connectivity index (χ0n) is 9.17. The number of rotatable bonds is 3. The first-order valence-corrected chi connectivity index (χ1v) is 7.32. The Bertz CT molecular complexity index is 382. The maximum Gasteiger partial charge on any atom is 0.157 e. The van der Waals surface area contributed by atoms with Crippen LogP contribution in [-0.2, 0) is 11.2 Å². The highest BCUT2D eigenvalue weighted by molar-refractivity contribution is 9.10. The van der Waals surface area contributed by atoms with Gasteiger partial charge in [0.15, 0.2) is 5.78 Å². The molecule has 1 saturated carbocycles. The molecule has 2 N–H and O–H groups in total. The van der Waals surface area contributed by atoms with Gasteiger partial charge in [-0.1, -0.05) is 19.3 Å². The van der Waals surface area contributed by atoms with E-state index in [2.05, 4.69) is 15.9 Å². The van der Waals surface area contributed by atoms with Crippen LogP contribution in [0.4, 0.5) is 0 Å². The van der Waals surface area contributed by atoms with Gasteiger partial charge in [-0.15, -0.1) is 11.3 Å². The number of hydrogen-bond donors (Lipinski definition) is 1. The van der Waals surface area contributed by atoms with Crippen LogP contribution in [0.2, 0.25) is 0 Å². The summed E-state index contributed by atoms with van der Waals surface area (Å²) in [5.41, 5.74) is 5.65. The van der Waals surface area contributed by atoms with Crippen LogP contribution < -0.4 is 5.73 Å². The Morgan fingerprint density at radius 1 is 1.44 bits per heavy atom. The third-order valence-electron chi connectivity index (χ3n) is 3.26. The summed E-state index contributed by atoms with van der Waals surface area (Å²) in [5.74, 6) is 0.210. The molecule has 1 aromatic heterocycles. The van der Waals surface area contributed by atoms with Crippen LogP contribution in [0.3, 0.4) is 0 Å². The molecule has 0 atom stereocenters. The van der Waals surface area contributed by atoms with E-state index in [0.29, 0.717) is 6.42 Å². The molecule has 2 nitrogen and oxygen atoms in total. The molecule has 0 unspecified atom stereocenters. The smallest absolute Gasteiger partial charge is 0.157 e. The summed E-state index contributed by atoms with van der Waals surface area (Å²) in [6, 6.07) is 2.01. The maximum absolute atomic E-state index is 12.2. The monoisotopic (exact) mass is 301 g/mol. The Morgan fingerprint density at radius 2 is 2.12 bits per heavy atom. The van der Waals surface area contributed by atoms with Crippen LogP contribution in [0.1, 0.15) is 37.0 Å². The third-order valence-corrected chi connectivity index (χ3v) is 4.96. The lowest BCUT2D eigenvalue weighted by Crippen LogP contribution is -2.50. The molecule has 0 aromatic carbocycles. The van der Waals surface area contributed by atoms with Gasteiger partial charge in [-0.25, -0.2) is 0 Å². The van der Waals surface area contributed by atoms with E-state index in [1.807, 2.05) is 11.4 Å². The molecule has 1 aliphatic carbocycles. The lowest BCUT2D eigenvalue weighted by Gasteiger charge is -2.31. The first-order chi connectivity index (χ1) is 7.60. The van der Waals surface area contributed by atoms with Crippen molar-refractivity contribution in [3.05, 3.63) is 20.8 Å². The Morgan fingerprint density at radius 3 is 2.69 bits per heavy atom. The molecule has 1 heterocycles. The van der Waals surface area contributed by atoms with Gasteiger partial charge in [-0.2, -0.15) is 0 Å². The lowest BCUT2D eigenvalue weighted by molar-refractivity contribution is -0.124. The number of nitrogens with two attached hydrogens (primary N) is 1. The average molecular weight is 302 g/mol.